The van der Waals surface area contributed by atoms with Gasteiger partial charge in [-0.3, -0.25) is 4.79 Å². The van der Waals surface area contributed by atoms with Crippen molar-refractivity contribution in [2.24, 2.45) is 0 Å². The highest BCUT2D eigenvalue weighted by atomic mass is 16.6. The van der Waals surface area contributed by atoms with Gasteiger partial charge in [-0.2, -0.15) is 4.68 Å². The van der Waals surface area contributed by atoms with Crippen molar-refractivity contribution in [1.82, 2.24) is 15.1 Å². The summed E-state index contributed by atoms with van der Waals surface area (Å²) in [6.07, 6.45) is 1.41. The molecule has 0 radical (unpaired) electrons. The summed E-state index contributed by atoms with van der Waals surface area (Å²) in [7, 11) is 0. The van der Waals surface area contributed by atoms with Crippen LogP contribution in [0.3, 0.4) is 0 Å². The highest BCUT2D eigenvalue weighted by molar-refractivity contribution is 5.91. The van der Waals surface area contributed by atoms with Crippen molar-refractivity contribution in [3.8, 4) is 0 Å². The topological polar surface area (TPSA) is 103 Å². The lowest BCUT2D eigenvalue weighted by atomic mass is 10.4. The standard InChI is InChI=1S/C11H12N4O4/c1-8-7-10(15(17)18)13-14(8)5-4-12-11(16)9-3-2-6-19-9/h2-3,6-7H,4-5H2,1H3,(H,12,16). The summed E-state index contributed by atoms with van der Waals surface area (Å²) in [5.41, 5.74) is 0.666. The fourth-order valence-electron chi connectivity index (χ4n) is 1.58. The first-order valence-corrected chi connectivity index (χ1v) is 5.58. The second-order valence-electron chi connectivity index (χ2n) is 3.86. The molecule has 0 fully saturated rings. The number of amides is 1. The molecular weight excluding hydrogens is 252 g/mol. The van der Waals surface area contributed by atoms with Gasteiger partial charge in [0, 0.05) is 6.54 Å². The molecule has 0 aliphatic heterocycles. The van der Waals surface area contributed by atoms with Crippen LogP contribution in [0.4, 0.5) is 5.82 Å². The number of carbonyl (C=O) groups excluding carboxylic acids is 1. The van der Waals surface area contributed by atoms with Crippen molar-refractivity contribution in [3.05, 3.63) is 46.0 Å². The van der Waals surface area contributed by atoms with Crippen molar-refractivity contribution in [1.29, 1.82) is 0 Å². The lowest BCUT2D eigenvalue weighted by Gasteiger charge is -2.02. The maximum absolute atomic E-state index is 11.6. The molecular formula is C11H12N4O4. The summed E-state index contributed by atoms with van der Waals surface area (Å²) < 4.78 is 6.41. The molecule has 0 aromatic carbocycles. The van der Waals surface area contributed by atoms with Crippen LogP contribution >= 0.6 is 0 Å². The smallest absolute Gasteiger partial charge is 0.390 e. The number of rotatable bonds is 5. The SMILES string of the molecule is Cc1cc([N+](=O)[O-])nn1CCNC(=O)c1ccco1. The Morgan fingerprint density at radius 1 is 1.63 bits per heavy atom. The predicted molar refractivity (Wildman–Crippen MR) is 64.7 cm³/mol. The zero-order chi connectivity index (χ0) is 13.8. The van der Waals surface area contributed by atoms with E-state index in [1.165, 1.54) is 17.0 Å². The molecule has 0 spiro atoms. The van der Waals surface area contributed by atoms with Gasteiger partial charge in [0.25, 0.3) is 5.91 Å². The zero-order valence-corrected chi connectivity index (χ0v) is 10.2. The van der Waals surface area contributed by atoms with Gasteiger partial charge in [0.05, 0.1) is 29.7 Å². The van der Waals surface area contributed by atoms with Crippen molar-refractivity contribution in [2.75, 3.05) is 6.54 Å². The molecule has 0 atom stereocenters. The van der Waals surface area contributed by atoms with Gasteiger partial charge in [-0.25, -0.2) is 0 Å². The fraction of sp³-hybridized carbons (Fsp3) is 0.273. The van der Waals surface area contributed by atoms with E-state index in [-0.39, 0.29) is 17.5 Å². The van der Waals surface area contributed by atoms with Gasteiger partial charge in [-0.1, -0.05) is 0 Å². The van der Waals surface area contributed by atoms with Crippen LogP contribution in [0.15, 0.2) is 28.9 Å². The largest absolute Gasteiger partial charge is 0.459 e. The number of aryl methyl sites for hydroxylation is 1. The molecule has 2 aromatic heterocycles. The summed E-state index contributed by atoms with van der Waals surface area (Å²) in [5, 5.41) is 17.0. The maximum Gasteiger partial charge on any atom is 0.390 e. The molecule has 2 heterocycles. The van der Waals surface area contributed by atoms with Crippen molar-refractivity contribution < 1.29 is 14.1 Å². The predicted octanol–water partition coefficient (Wildman–Crippen LogP) is 1.12. The van der Waals surface area contributed by atoms with Crippen molar-refractivity contribution in [2.45, 2.75) is 13.5 Å². The second kappa shape index (κ2) is 5.34. The van der Waals surface area contributed by atoms with Crippen molar-refractivity contribution in [3.63, 3.8) is 0 Å². The van der Waals surface area contributed by atoms with Gasteiger partial charge < -0.3 is 19.8 Å². The summed E-state index contributed by atoms with van der Waals surface area (Å²) in [6, 6.07) is 4.56. The van der Waals surface area contributed by atoms with E-state index in [1.54, 1.807) is 19.1 Å². The van der Waals surface area contributed by atoms with Gasteiger partial charge in [-0.05, 0) is 24.0 Å². The van der Waals surface area contributed by atoms with E-state index < -0.39 is 4.92 Å². The Morgan fingerprint density at radius 3 is 3.00 bits per heavy atom. The molecule has 0 aliphatic carbocycles. The Bertz CT molecular complexity index is 588. The molecule has 1 N–H and O–H groups in total. The molecule has 2 rings (SSSR count). The second-order valence-corrected chi connectivity index (χ2v) is 3.86. The van der Waals surface area contributed by atoms with E-state index in [9.17, 15) is 14.9 Å². The monoisotopic (exact) mass is 264 g/mol. The highest BCUT2D eigenvalue weighted by Gasteiger charge is 2.15. The number of nitrogens with zero attached hydrogens (tertiary/aromatic N) is 3. The molecule has 8 heteroatoms. The van der Waals surface area contributed by atoms with E-state index in [0.29, 0.717) is 18.8 Å². The van der Waals surface area contributed by atoms with Crippen molar-refractivity contribution >= 4 is 11.7 Å². The van der Waals surface area contributed by atoms with Crippen LogP contribution < -0.4 is 5.32 Å². The van der Waals surface area contributed by atoms with Crippen LogP contribution in [-0.2, 0) is 6.54 Å². The third-order valence-electron chi connectivity index (χ3n) is 2.51. The third kappa shape index (κ3) is 2.97. The number of furan rings is 1. The maximum atomic E-state index is 11.6. The molecule has 0 saturated carbocycles. The van der Waals surface area contributed by atoms with Gasteiger partial charge in [0.15, 0.2) is 5.76 Å². The van der Waals surface area contributed by atoms with Gasteiger partial charge in [0.1, 0.15) is 0 Å². The summed E-state index contributed by atoms with van der Waals surface area (Å²) in [5.74, 6) is -0.303. The first-order chi connectivity index (χ1) is 9.08. The Kier molecular flexibility index (Phi) is 3.60. The Hall–Kier alpha value is -2.64. The lowest BCUT2D eigenvalue weighted by molar-refractivity contribution is -0.389. The van der Waals surface area contributed by atoms with Crippen LogP contribution in [0.1, 0.15) is 16.2 Å². The van der Waals surface area contributed by atoms with E-state index in [0.717, 1.165) is 0 Å². The van der Waals surface area contributed by atoms with E-state index in [1.807, 2.05) is 0 Å². The number of hydrogen-bond donors (Lipinski definition) is 1. The quantitative estimate of drug-likeness (QED) is 0.643. The van der Waals surface area contributed by atoms with E-state index in [2.05, 4.69) is 10.4 Å². The molecule has 0 unspecified atom stereocenters. The minimum absolute atomic E-state index is 0.199. The average molecular weight is 264 g/mol. The van der Waals surface area contributed by atoms with Crippen LogP contribution in [0, 0.1) is 17.0 Å². The fourth-order valence-corrected chi connectivity index (χ4v) is 1.58. The number of nitrogens with one attached hydrogen (secondary N) is 1. The van der Waals surface area contributed by atoms with Crippen LogP contribution in [0.5, 0.6) is 0 Å². The van der Waals surface area contributed by atoms with Gasteiger partial charge in [-0.15, -0.1) is 0 Å². The Balaban J connectivity index is 1.89. The number of aromatic nitrogens is 2. The lowest BCUT2D eigenvalue weighted by Crippen LogP contribution is -2.27. The van der Waals surface area contributed by atoms with Crippen LogP contribution in [-0.4, -0.2) is 27.2 Å². The number of hydrogen-bond acceptors (Lipinski definition) is 5. The molecule has 0 bridgehead atoms. The molecule has 100 valence electrons. The normalized spacial score (nSPS) is 10.4. The third-order valence-corrected chi connectivity index (χ3v) is 2.51. The summed E-state index contributed by atoms with van der Waals surface area (Å²) in [4.78, 5) is 21.6. The number of nitro groups is 1. The van der Waals surface area contributed by atoms with Gasteiger partial charge in [0.2, 0.25) is 0 Å². The first-order valence-electron chi connectivity index (χ1n) is 5.58. The van der Waals surface area contributed by atoms with Crippen LogP contribution in [0.25, 0.3) is 0 Å². The molecule has 0 saturated heterocycles. The molecule has 1 amide bonds. The summed E-state index contributed by atoms with van der Waals surface area (Å²) in [6.45, 7) is 2.37. The van der Waals surface area contributed by atoms with Gasteiger partial charge >= 0.3 is 5.82 Å². The first kappa shape index (κ1) is 12.8. The Morgan fingerprint density at radius 2 is 2.42 bits per heavy atom. The molecule has 0 aliphatic rings. The Labute approximate surface area is 108 Å². The average Bonchev–Trinajstić information content (AvgIpc) is 2.99. The summed E-state index contributed by atoms with van der Waals surface area (Å²) >= 11 is 0. The minimum Gasteiger partial charge on any atom is -0.459 e. The number of carbonyl (C=O) groups is 1. The molecule has 8 nitrogen and oxygen atoms in total. The van der Waals surface area contributed by atoms with Crippen LogP contribution in [0.2, 0.25) is 0 Å². The molecule has 19 heavy (non-hydrogen) atoms. The zero-order valence-electron chi connectivity index (χ0n) is 10.2. The molecule has 2 aromatic rings. The van der Waals surface area contributed by atoms with E-state index in [4.69, 9.17) is 4.42 Å². The highest BCUT2D eigenvalue weighted by Crippen LogP contribution is 2.10. The minimum atomic E-state index is -0.551. The van der Waals surface area contributed by atoms with E-state index >= 15 is 0 Å².